The van der Waals surface area contributed by atoms with Gasteiger partial charge in [0.05, 0.1) is 22.3 Å². The highest BCUT2D eigenvalue weighted by Gasteiger charge is 2.29. The van der Waals surface area contributed by atoms with Gasteiger partial charge in [0.2, 0.25) is 0 Å². The van der Waals surface area contributed by atoms with Gasteiger partial charge < -0.3 is 10.0 Å². The van der Waals surface area contributed by atoms with Crippen LogP contribution in [0.2, 0.25) is 0 Å². The van der Waals surface area contributed by atoms with Gasteiger partial charge in [0, 0.05) is 38.3 Å². The van der Waals surface area contributed by atoms with Crippen molar-refractivity contribution in [2.45, 2.75) is 32.4 Å². The predicted octanol–water partition coefficient (Wildman–Crippen LogP) is 2.02. The molecular weight excluding hydrogens is 289 g/mol. The SMILES string of the molecule is CC1CN(CC(C)(C)O)CCN1c1ccc([N+](=O)[O-])cc1F. The molecule has 7 heteroatoms. The van der Waals surface area contributed by atoms with Crippen molar-refractivity contribution in [1.82, 2.24) is 4.90 Å². The summed E-state index contributed by atoms with van der Waals surface area (Å²) < 4.78 is 14.1. The van der Waals surface area contributed by atoms with Crippen LogP contribution in [0.4, 0.5) is 15.8 Å². The van der Waals surface area contributed by atoms with E-state index in [0.717, 1.165) is 6.07 Å². The van der Waals surface area contributed by atoms with Crippen LogP contribution < -0.4 is 4.90 Å². The van der Waals surface area contributed by atoms with Crippen molar-refractivity contribution < 1.29 is 14.4 Å². The molecule has 0 aliphatic carbocycles. The molecule has 1 fully saturated rings. The molecule has 122 valence electrons. The fourth-order valence-electron chi connectivity index (χ4n) is 2.92. The summed E-state index contributed by atoms with van der Waals surface area (Å²) in [5.74, 6) is -0.572. The highest BCUT2D eigenvalue weighted by atomic mass is 19.1. The van der Waals surface area contributed by atoms with Crippen LogP contribution in [0.1, 0.15) is 20.8 Å². The summed E-state index contributed by atoms with van der Waals surface area (Å²) in [6.45, 7) is 8.11. The van der Waals surface area contributed by atoms with Crippen molar-refractivity contribution in [2.24, 2.45) is 0 Å². The number of halogens is 1. The minimum Gasteiger partial charge on any atom is -0.389 e. The molecule has 1 heterocycles. The van der Waals surface area contributed by atoms with Gasteiger partial charge in [-0.25, -0.2) is 4.39 Å². The van der Waals surface area contributed by atoms with E-state index in [1.54, 1.807) is 13.8 Å². The minimum atomic E-state index is -0.763. The first-order chi connectivity index (χ1) is 10.2. The molecule has 1 unspecified atom stereocenters. The first-order valence-electron chi connectivity index (χ1n) is 7.33. The third kappa shape index (κ3) is 3.92. The number of nitro benzene ring substituents is 1. The number of anilines is 1. The number of piperazine rings is 1. The first-order valence-corrected chi connectivity index (χ1v) is 7.33. The summed E-state index contributed by atoms with van der Waals surface area (Å²) in [6.07, 6.45) is 0. The zero-order valence-electron chi connectivity index (χ0n) is 13.1. The van der Waals surface area contributed by atoms with Gasteiger partial charge in [-0.1, -0.05) is 0 Å². The molecule has 1 saturated heterocycles. The Balaban J connectivity index is 2.10. The van der Waals surface area contributed by atoms with Crippen LogP contribution in [-0.2, 0) is 0 Å². The second-order valence-corrected chi connectivity index (χ2v) is 6.48. The maximum atomic E-state index is 14.1. The molecule has 1 aliphatic rings. The molecule has 6 nitrogen and oxygen atoms in total. The van der Waals surface area contributed by atoms with Gasteiger partial charge >= 0.3 is 0 Å². The van der Waals surface area contributed by atoms with E-state index < -0.39 is 16.3 Å². The Morgan fingerprint density at radius 1 is 1.45 bits per heavy atom. The number of β-amino-alcohol motifs (C(OH)–C–C–N with tert-alkyl or cyclic N) is 1. The van der Waals surface area contributed by atoms with Crippen LogP contribution in [0.3, 0.4) is 0 Å². The van der Waals surface area contributed by atoms with Crippen LogP contribution >= 0.6 is 0 Å². The lowest BCUT2D eigenvalue weighted by Crippen LogP contribution is -2.55. The lowest BCUT2D eigenvalue weighted by Gasteiger charge is -2.42. The van der Waals surface area contributed by atoms with E-state index in [1.807, 2.05) is 11.8 Å². The molecule has 1 aromatic rings. The van der Waals surface area contributed by atoms with Crippen LogP contribution in [0.15, 0.2) is 18.2 Å². The number of rotatable bonds is 4. The Hall–Kier alpha value is -1.73. The number of non-ortho nitro benzene ring substituents is 1. The smallest absolute Gasteiger partial charge is 0.272 e. The van der Waals surface area contributed by atoms with Crippen molar-refractivity contribution in [3.63, 3.8) is 0 Å². The van der Waals surface area contributed by atoms with Crippen LogP contribution in [0, 0.1) is 15.9 Å². The van der Waals surface area contributed by atoms with E-state index in [9.17, 15) is 19.6 Å². The van der Waals surface area contributed by atoms with Gasteiger partial charge in [-0.15, -0.1) is 0 Å². The van der Waals surface area contributed by atoms with Crippen molar-refractivity contribution in [3.8, 4) is 0 Å². The zero-order valence-corrected chi connectivity index (χ0v) is 13.1. The Kier molecular flexibility index (Phi) is 4.67. The fourth-order valence-corrected chi connectivity index (χ4v) is 2.92. The molecule has 0 amide bonds. The zero-order chi connectivity index (χ0) is 16.5. The van der Waals surface area contributed by atoms with E-state index in [1.165, 1.54) is 12.1 Å². The van der Waals surface area contributed by atoms with Crippen molar-refractivity contribution >= 4 is 11.4 Å². The molecule has 0 spiro atoms. The number of nitro groups is 1. The van der Waals surface area contributed by atoms with E-state index in [2.05, 4.69) is 4.90 Å². The van der Waals surface area contributed by atoms with Gasteiger partial charge in [0.1, 0.15) is 0 Å². The molecule has 0 aromatic heterocycles. The molecular formula is C15H22FN3O3. The highest BCUT2D eigenvalue weighted by molar-refractivity contribution is 5.53. The summed E-state index contributed by atoms with van der Waals surface area (Å²) in [6, 6.07) is 3.82. The molecule has 1 aliphatic heterocycles. The van der Waals surface area contributed by atoms with Crippen molar-refractivity contribution in [1.29, 1.82) is 0 Å². The summed E-state index contributed by atoms with van der Waals surface area (Å²) in [7, 11) is 0. The summed E-state index contributed by atoms with van der Waals surface area (Å²) in [5.41, 5.74) is -0.615. The van der Waals surface area contributed by atoms with Crippen LogP contribution in [0.5, 0.6) is 0 Å². The maximum Gasteiger partial charge on any atom is 0.272 e. The van der Waals surface area contributed by atoms with Gasteiger partial charge in [-0.05, 0) is 26.8 Å². The lowest BCUT2D eigenvalue weighted by molar-refractivity contribution is -0.385. The maximum absolute atomic E-state index is 14.1. The third-order valence-corrected chi connectivity index (χ3v) is 3.77. The molecule has 2 rings (SSSR count). The quantitative estimate of drug-likeness (QED) is 0.680. The molecule has 0 radical (unpaired) electrons. The Morgan fingerprint density at radius 2 is 2.14 bits per heavy atom. The van der Waals surface area contributed by atoms with Crippen molar-refractivity contribution in [3.05, 3.63) is 34.1 Å². The molecule has 0 saturated carbocycles. The molecule has 0 bridgehead atoms. The van der Waals surface area contributed by atoms with Gasteiger partial charge in [-0.2, -0.15) is 0 Å². The van der Waals surface area contributed by atoms with Gasteiger partial charge in [0.15, 0.2) is 5.82 Å². The van der Waals surface area contributed by atoms with Crippen LogP contribution in [-0.4, -0.2) is 52.8 Å². The van der Waals surface area contributed by atoms with Crippen molar-refractivity contribution in [2.75, 3.05) is 31.1 Å². The van der Waals surface area contributed by atoms with E-state index in [-0.39, 0.29) is 11.7 Å². The standard InChI is InChI=1S/C15H22FN3O3/c1-11-9-17(10-15(2,3)20)6-7-18(11)14-5-4-12(19(21)22)8-13(14)16/h4-5,8,11,20H,6-7,9-10H2,1-3H3. The first kappa shape index (κ1) is 16.6. The predicted molar refractivity (Wildman–Crippen MR) is 82.6 cm³/mol. The Labute approximate surface area is 129 Å². The molecule has 22 heavy (non-hydrogen) atoms. The van der Waals surface area contributed by atoms with E-state index in [4.69, 9.17) is 0 Å². The van der Waals surface area contributed by atoms with E-state index >= 15 is 0 Å². The monoisotopic (exact) mass is 311 g/mol. The average Bonchev–Trinajstić information content (AvgIpc) is 2.37. The van der Waals surface area contributed by atoms with Gasteiger partial charge in [-0.3, -0.25) is 15.0 Å². The minimum absolute atomic E-state index is 0.0621. The molecule has 1 atom stereocenters. The Bertz CT molecular complexity index is 559. The second kappa shape index (κ2) is 6.18. The van der Waals surface area contributed by atoms with Gasteiger partial charge in [0.25, 0.3) is 5.69 Å². The largest absolute Gasteiger partial charge is 0.389 e. The highest BCUT2D eigenvalue weighted by Crippen LogP contribution is 2.27. The lowest BCUT2D eigenvalue weighted by atomic mass is 10.1. The second-order valence-electron chi connectivity index (χ2n) is 6.48. The summed E-state index contributed by atoms with van der Waals surface area (Å²) in [5, 5.41) is 20.6. The number of hydrogen-bond acceptors (Lipinski definition) is 5. The summed E-state index contributed by atoms with van der Waals surface area (Å²) >= 11 is 0. The number of nitrogens with zero attached hydrogens (tertiary/aromatic N) is 3. The Morgan fingerprint density at radius 3 is 2.64 bits per heavy atom. The third-order valence-electron chi connectivity index (χ3n) is 3.77. The molecule has 1 N–H and O–H groups in total. The molecule has 1 aromatic carbocycles. The fraction of sp³-hybridized carbons (Fsp3) is 0.600. The summed E-state index contributed by atoms with van der Waals surface area (Å²) in [4.78, 5) is 14.1. The number of hydrogen-bond donors (Lipinski definition) is 1. The normalized spacial score (nSPS) is 20.2. The topological polar surface area (TPSA) is 69.8 Å². The number of aliphatic hydroxyl groups is 1. The number of benzene rings is 1. The van der Waals surface area contributed by atoms with E-state index in [0.29, 0.717) is 31.9 Å². The van der Waals surface area contributed by atoms with Crippen LogP contribution in [0.25, 0.3) is 0 Å². The average molecular weight is 311 g/mol.